The fourth-order valence-electron chi connectivity index (χ4n) is 2.89. The van der Waals surface area contributed by atoms with E-state index in [1.165, 1.54) is 9.58 Å². The predicted molar refractivity (Wildman–Crippen MR) is 87.4 cm³/mol. The molecule has 8 heteroatoms. The number of aromatic nitrogens is 3. The van der Waals surface area contributed by atoms with E-state index in [1.807, 2.05) is 12.1 Å². The van der Waals surface area contributed by atoms with Crippen molar-refractivity contribution in [2.45, 2.75) is 19.8 Å². The third-order valence-corrected chi connectivity index (χ3v) is 4.56. The van der Waals surface area contributed by atoms with E-state index in [1.54, 1.807) is 19.1 Å². The number of rotatable bonds is 3. The Morgan fingerprint density at radius 2 is 2.08 bits per heavy atom. The van der Waals surface area contributed by atoms with Crippen molar-refractivity contribution >= 4 is 23.5 Å². The van der Waals surface area contributed by atoms with E-state index in [9.17, 15) is 9.59 Å². The molecule has 0 unspecified atom stereocenters. The summed E-state index contributed by atoms with van der Waals surface area (Å²) < 4.78 is 1.52. The number of carbonyl (C=O) groups excluding carboxylic acids is 1. The molecule has 1 aromatic carbocycles. The second-order valence-corrected chi connectivity index (χ2v) is 6.22. The lowest BCUT2D eigenvalue weighted by atomic mass is 9.98. The molecule has 0 radical (unpaired) electrons. The van der Waals surface area contributed by atoms with Crippen molar-refractivity contribution < 1.29 is 14.7 Å². The summed E-state index contributed by atoms with van der Waals surface area (Å²) in [4.78, 5) is 25.4. The van der Waals surface area contributed by atoms with Crippen LogP contribution < -0.4 is 0 Å². The number of likely N-dealkylation sites (tertiary alicyclic amines) is 1. The van der Waals surface area contributed by atoms with Gasteiger partial charge in [0.2, 0.25) is 0 Å². The molecule has 24 heavy (non-hydrogen) atoms. The maximum atomic E-state index is 12.7. The lowest BCUT2D eigenvalue weighted by Crippen LogP contribution is -2.42. The van der Waals surface area contributed by atoms with Crippen molar-refractivity contribution in [2.75, 3.05) is 13.1 Å². The summed E-state index contributed by atoms with van der Waals surface area (Å²) in [5.41, 5.74) is 1.44. The number of carboxylic acids is 1. The van der Waals surface area contributed by atoms with Gasteiger partial charge in [0, 0.05) is 13.1 Å². The van der Waals surface area contributed by atoms with Gasteiger partial charge in [0.1, 0.15) is 0 Å². The summed E-state index contributed by atoms with van der Waals surface area (Å²) >= 11 is 6.17. The van der Waals surface area contributed by atoms with Gasteiger partial charge in [-0.3, -0.25) is 9.59 Å². The molecular formula is C16H17ClN4O3. The summed E-state index contributed by atoms with van der Waals surface area (Å²) in [6.07, 6.45) is 1.25. The van der Waals surface area contributed by atoms with Crippen molar-refractivity contribution in [2.24, 2.45) is 5.92 Å². The second kappa shape index (κ2) is 6.60. The Labute approximate surface area is 143 Å². The highest BCUT2D eigenvalue weighted by Gasteiger charge is 2.31. The fourth-order valence-corrected chi connectivity index (χ4v) is 3.11. The van der Waals surface area contributed by atoms with Crippen LogP contribution in [-0.4, -0.2) is 50.0 Å². The van der Waals surface area contributed by atoms with Gasteiger partial charge in [-0.25, -0.2) is 4.68 Å². The number of halogens is 1. The standard InChI is InChI=1S/C16H17ClN4O3/c1-10-14(15(22)20-8-4-5-11(9-20)16(23)24)18-19-21(10)13-7-3-2-6-12(13)17/h2-3,6-7,11H,4-5,8-9H2,1H3,(H,23,24)/t11-/m1/s1. The Balaban J connectivity index is 1.87. The Morgan fingerprint density at radius 3 is 2.79 bits per heavy atom. The molecule has 2 aromatic rings. The topological polar surface area (TPSA) is 88.3 Å². The van der Waals surface area contributed by atoms with Crippen molar-refractivity contribution in [3.8, 4) is 5.69 Å². The molecule has 0 aliphatic carbocycles. The highest BCUT2D eigenvalue weighted by atomic mass is 35.5. The van der Waals surface area contributed by atoms with Crippen molar-refractivity contribution in [1.29, 1.82) is 0 Å². The summed E-state index contributed by atoms with van der Waals surface area (Å²) in [6, 6.07) is 7.16. The first-order valence-corrected chi connectivity index (χ1v) is 8.06. The average Bonchev–Trinajstić information content (AvgIpc) is 2.96. The average molecular weight is 349 g/mol. The molecule has 1 atom stereocenters. The SMILES string of the molecule is Cc1c(C(=O)N2CCC[C@@H](C(=O)O)C2)nnn1-c1ccccc1Cl. The Bertz CT molecular complexity index is 789. The van der Waals surface area contributed by atoms with E-state index in [-0.39, 0.29) is 18.1 Å². The molecule has 1 fully saturated rings. The molecule has 7 nitrogen and oxygen atoms in total. The molecule has 1 saturated heterocycles. The van der Waals surface area contributed by atoms with Gasteiger partial charge >= 0.3 is 5.97 Å². The first-order valence-electron chi connectivity index (χ1n) is 7.68. The zero-order valence-electron chi connectivity index (χ0n) is 13.1. The quantitative estimate of drug-likeness (QED) is 0.918. The largest absolute Gasteiger partial charge is 0.481 e. The van der Waals surface area contributed by atoms with Crippen LogP contribution in [0.4, 0.5) is 0 Å². The zero-order chi connectivity index (χ0) is 17.3. The van der Waals surface area contributed by atoms with E-state index in [2.05, 4.69) is 10.3 Å². The summed E-state index contributed by atoms with van der Waals surface area (Å²) in [5, 5.41) is 17.7. The predicted octanol–water partition coefficient (Wildman–Crippen LogP) is 2.17. The number of hydrogen-bond acceptors (Lipinski definition) is 4. The van der Waals surface area contributed by atoms with E-state index in [4.69, 9.17) is 16.7 Å². The van der Waals surface area contributed by atoms with E-state index in [0.29, 0.717) is 35.8 Å². The summed E-state index contributed by atoms with van der Waals surface area (Å²) in [7, 11) is 0. The number of para-hydroxylation sites is 1. The maximum absolute atomic E-state index is 12.7. The minimum absolute atomic E-state index is 0.201. The lowest BCUT2D eigenvalue weighted by molar-refractivity contribution is -0.143. The van der Waals surface area contributed by atoms with E-state index >= 15 is 0 Å². The van der Waals surface area contributed by atoms with Gasteiger partial charge in [-0.2, -0.15) is 0 Å². The van der Waals surface area contributed by atoms with Gasteiger partial charge in [0.15, 0.2) is 5.69 Å². The Hall–Kier alpha value is -2.41. The number of aliphatic carboxylic acids is 1. The van der Waals surface area contributed by atoms with Gasteiger partial charge in [-0.15, -0.1) is 5.10 Å². The molecule has 0 bridgehead atoms. The molecule has 0 saturated carbocycles. The van der Waals surface area contributed by atoms with Gasteiger partial charge in [0.05, 0.1) is 22.3 Å². The first kappa shape index (κ1) is 16.4. The molecule has 0 spiro atoms. The minimum atomic E-state index is -0.871. The third-order valence-electron chi connectivity index (χ3n) is 4.24. The van der Waals surface area contributed by atoms with Crippen LogP contribution >= 0.6 is 11.6 Å². The number of nitrogens with zero attached hydrogens (tertiary/aromatic N) is 4. The van der Waals surface area contributed by atoms with Gasteiger partial charge in [0.25, 0.3) is 5.91 Å². The maximum Gasteiger partial charge on any atom is 0.308 e. The van der Waals surface area contributed by atoms with Crippen LogP contribution in [0.5, 0.6) is 0 Å². The lowest BCUT2D eigenvalue weighted by Gasteiger charge is -2.30. The first-order chi connectivity index (χ1) is 11.5. The number of amides is 1. The van der Waals surface area contributed by atoms with Crippen LogP contribution in [0.1, 0.15) is 29.0 Å². The Morgan fingerprint density at radius 1 is 1.33 bits per heavy atom. The van der Waals surface area contributed by atoms with Crippen LogP contribution in [-0.2, 0) is 4.79 Å². The third kappa shape index (κ3) is 2.99. The van der Waals surface area contributed by atoms with Crippen molar-refractivity contribution in [1.82, 2.24) is 19.9 Å². The number of carboxylic acid groups (broad SMARTS) is 1. The molecule has 1 amide bonds. The van der Waals surface area contributed by atoms with Crippen molar-refractivity contribution in [3.63, 3.8) is 0 Å². The second-order valence-electron chi connectivity index (χ2n) is 5.82. The minimum Gasteiger partial charge on any atom is -0.481 e. The van der Waals surface area contributed by atoms with Crippen LogP contribution in [0.2, 0.25) is 5.02 Å². The number of benzene rings is 1. The highest BCUT2D eigenvalue weighted by Crippen LogP contribution is 2.23. The van der Waals surface area contributed by atoms with Gasteiger partial charge in [-0.05, 0) is 31.9 Å². The van der Waals surface area contributed by atoms with Gasteiger partial charge in [-0.1, -0.05) is 28.9 Å². The molecule has 126 valence electrons. The smallest absolute Gasteiger partial charge is 0.308 e. The molecule has 1 aliphatic heterocycles. The van der Waals surface area contributed by atoms with Crippen LogP contribution in [0.15, 0.2) is 24.3 Å². The van der Waals surface area contributed by atoms with E-state index < -0.39 is 11.9 Å². The Kier molecular flexibility index (Phi) is 4.53. The van der Waals surface area contributed by atoms with Crippen molar-refractivity contribution in [3.05, 3.63) is 40.7 Å². The van der Waals surface area contributed by atoms with Crippen LogP contribution in [0, 0.1) is 12.8 Å². The number of hydrogen-bond donors (Lipinski definition) is 1. The fraction of sp³-hybridized carbons (Fsp3) is 0.375. The number of carbonyl (C=O) groups is 2. The summed E-state index contributed by atoms with van der Waals surface area (Å²) in [6.45, 7) is 2.47. The molecule has 1 aliphatic rings. The normalized spacial score (nSPS) is 17.8. The molecule has 2 heterocycles. The highest BCUT2D eigenvalue weighted by molar-refractivity contribution is 6.32. The molecule has 3 rings (SSSR count). The molecule has 1 N–H and O–H groups in total. The van der Waals surface area contributed by atoms with Crippen LogP contribution in [0.3, 0.4) is 0 Å². The molecular weight excluding hydrogens is 332 g/mol. The van der Waals surface area contributed by atoms with Gasteiger partial charge < -0.3 is 10.0 Å². The zero-order valence-corrected chi connectivity index (χ0v) is 13.9. The molecule has 1 aromatic heterocycles. The summed E-state index contributed by atoms with van der Waals surface area (Å²) in [5.74, 6) is -1.69. The monoisotopic (exact) mass is 348 g/mol. The van der Waals surface area contributed by atoms with Crippen LogP contribution in [0.25, 0.3) is 5.69 Å². The number of piperidine rings is 1. The van der Waals surface area contributed by atoms with E-state index in [0.717, 1.165) is 0 Å².